The molecule has 3 rings (SSSR count). The summed E-state index contributed by atoms with van der Waals surface area (Å²) in [5, 5.41) is 10.4. The molecule has 0 saturated heterocycles. The van der Waals surface area contributed by atoms with Crippen LogP contribution in [0.4, 0.5) is 0 Å². The standard InChI is InChI=1S/C15H11Cl2N3S/c16-12-4-1-3-11(7-12)9-21-15-19-18-10-20(15)14-6-2-5-13(17)8-14/h1-8,10H,9H2. The van der Waals surface area contributed by atoms with Crippen LogP contribution in [-0.2, 0) is 5.75 Å². The Morgan fingerprint density at radius 2 is 1.76 bits per heavy atom. The zero-order valence-electron chi connectivity index (χ0n) is 10.9. The molecular formula is C15H11Cl2N3S. The summed E-state index contributed by atoms with van der Waals surface area (Å²) in [6, 6.07) is 15.4. The molecule has 0 radical (unpaired) electrons. The van der Waals surface area contributed by atoms with E-state index < -0.39 is 0 Å². The summed E-state index contributed by atoms with van der Waals surface area (Å²) in [4.78, 5) is 0. The normalized spacial score (nSPS) is 10.8. The second kappa shape index (κ2) is 6.52. The summed E-state index contributed by atoms with van der Waals surface area (Å²) < 4.78 is 1.92. The third kappa shape index (κ3) is 3.59. The summed E-state index contributed by atoms with van der Waals surface area (Å²) in [5.41, 5.74) is 2.09. The van der Waals surface area contributed by atoms with E-state index in [9.17, 15) is 0 Å². The first-order valence-electron chi connectivity index (χ1n) is 6.25. The second-order valence-corrected chi connectivity index (χ2v) is 6.20. The Morgan fingerprint density at radius 3 is 2.52 bits per heavy atom. The number of thioether (sulfide) groups is 1. The Balaban J connectivity index is 1.80. The fourth-order valence-corrected chi connectivity index (χ4v) is 3.17. The van der Waals surface area contributed by atoms with Gasteiger partial charge in [0.15, 0.2) is 5.16 Å². The predicted octanol–water partition coefficient (Wildman–Crippen LogP) is 4.87. The van der Waals surface area contributed by atoms with Crippen LogP contribution < -0.4 is 0 Å². The van der Waals surface area contributed by atoms with Crippen molar-refractivity contribution in [3.63, 3.8) is 0 Å². The molecule has 2 aromatic carbocycles. The Morgan fingerprint density at radius 1 is 1.00 bits per heavy atom. The fourth-order valence-electron chi connectivity index (χ4n) is 1.90. The number of hydrogen-bond acceptors (Lipinski definition) is 3. The molecule has 106 valence electrons. The van der Waals surface area contributed by atoms with Gasteiger partial charge >= 0.3 is 0 Å². The maximum atomic E-state index is 6.03. The highest BCUT2D eigenvalue weighted by Gasteiger charge is 2.08. The average Bonchev–Trinajstić information content (AvgIpc) is 2.94. The highest BCUT2D eigenvalue weighted by atomic mass is 35.5. The largest absolute Gasteiger partial charge is 0.277 e. The molecule has 0 aliphatic carbocycles. The monoisotopic (exact) mass is 335 g/mol. The van der Waals surface area contributed by atoms with Crippen molar-refractivity contribution in [2.75, 3.05) is 0 Å². The predicted molar refractivity (Wildman–Crippen MR) is 87.4 cm³/mol. The maximum absolute atomic E-state index is 6.03. The van der Waals surface area contributed by atoms with Crippen LogP contribution in [0.5, 0.6) is 0 Å². The lowest BCUT2D eigenvalue weighted by atomic mass is 10.2. The van der Waals surface area contributed by atoms with Crippen molar-refractivity contribution in [3.8, 4) is 5.69 Å². The van der Waals surface area contributed by atoms with E-state index in [2.05, 4.69) is 10.2 Å². The third-order valence-corrected chi connectivity index (χ3v) is 4.34. The van der Waals surface area contributed by atoms with Gasteiger partial charge in [-0.25, -0.2) is 0 Å². The molecule has 0 spiro atoms. The molecule has 0 aliphatic heterocycles. The van der Waals surface area contributed by atoms with Gasteiger partial charge in [-0.1, -0.05) is 53.2 Å². The molecule has 0 atom stereocenters. The van der Waals surface area contributed by atoms with E-state index in [0.29, 0.717) is 5.02 Å². The number of hydrogen-bond donors (Lipinski definition) is 0. The van der Waals surface area contributed by atoms with Gasteiger partial charge in [-0.3, -0.25) is 4.57 Å². The molecule has 0 N–H and O–H groups in total. The smallest absolute Gasteiger partial charge is 0.195 e. The molecule has 1 aromatic heterocycles. The lowest BCUT2D eigenvalue weighted by Crippen LogP contribution is -1.95. The Kier molecular flexibility index (Phi) is 4.48. The van der Waals surface area contributed by atoms with E-state index in [-0.39, 0.29) is 0 Å². The molecule has 1 heterocycles. The Labute approximate surface area is 136 Å². The van der Waals surface area contributed by atoms with Gasteiger partial charge in [0, 0.05) is 15.8 Å². The van der Waals surface area contributed by atoms with E-state index >= 15 is 0 Å². The maximum Gasteiger partial charge on any atom is 0.195 e. The first-order valence-corrected chi connectivity index (χ1v) is 8.00. The fraction of sp³-hybridized carbons (Fsp3) is 0.0667. The van der Waals surface area contributed by atoms with Crippen LogP contribution in [0.25, 0.3) is 5.69 Å². The molecule has 0 bridgehead atoms. The van der Waals surface area contributed by atoms with E-state index in [0.717, 1.165) is 27.2 Å². The van der Waals surface area contributed by atoms with Crippen LogP contribution in [0, 0.1) is 0 Å². The summed E-state index contributed by atoms with van der Waals surface area (Å²) in [6.45, 7) is 0. The Bertz CT molecular complexity index is 758. The van der Waals surface area contributed by atoms with Gasteiger partial charge in [0.1, 0.15) is 6.33 Å². The van der Waals surface area contributed by atoms with Crippen LogP contribution >= 0.6 is 35.0 Å². The molecule has 0 amide bonds. The van der Waals surface area contributed by atoms with Gasteiger partial charge in [-0.15, -0.1) is 10.2 Å². The van der Waals surface area contributed by atoms with Gasteiger partial charge in [0.25, 0.3) is 0 Å². The van der Waals surface area contributed by atoms with Crippen molar-refractivity contribution in [2.24, 2.45) is 0 Å². The van der Waals surface area contributed by atoms with Crippen LogP contribution in [0.15, 0.2) is 60.0 Å². The van der Waals surface area contributed by atoms with Crippen LogP contribution in [-0.4, -0.2) is 14.8 Å². The van der Waals surface area contributed by atoms with Crippen molar-refractivity contribution in [3.05, 3.63) is 70.5 Å². The van der Waals surface area contributed by atoms with E-state index in [1.165, 1.54) is 0 Å². The zero-order chi connectivity index (χ0) is 14.7. The van der Waals surface area contributed by atoms with E-state index in [1.54, 1.807) is 18.1 Å². The van der Waals surface area contributed by atoms with Crippen LogP contribution in [0.1, 0.15) is 5.56 Å². The van der Waals surface area contributed by atoms with Gasteiger partial charge in [-0.05, 0) is 35.9 Å². The minimum Gasteiger partial charge on any atom is -0.277 e. The van der Waals surface area contributed by atoms with Gasteiger partial charge in [-0.2, -0.15) is 0 Å². The minimum absolute atomic E-state index is 0.687. The number of nitrogens with zero attached hydrogens (tertiary/aromatic N) is 3. The molecule has 0 fully saturated rings. The minimum atomic E-state index is 0.687. The molecule has 3 aromatic rings. The van der Waals surface area contributed by atoms with E-state index in [1.807, 2.05) is 53.1 Å². The van der Waals surface area contributed by atoms with Crippen molar-refractivity contribution in [1.29, 1.82) is 0 Å². The van der Waals surface area contributed by atoms with Crippen LogP contribution in [0.2, 0.25) is 10.0 Å². The average molecular weight is 336 g/mol. The first kappa shape index (κ1) is 14.4. The van der Waals surface area contributed by atoms with Gasteiger partial charge in [0.2, 0.25) is 0 Å². The molecule has 0 unspecified atom stereocenters. The summed E-state index contributed by atoms with van der Waals surface area (Å²) in [6.07, 6.45) is 1.69. The third-order valence-electron chi connectivity index (χ3n) is 2.86. The van der Waals surface area contributed by atoms with Gasteiger partial charge in [0.05, 0.1) is 5.69 Å². The number of aromatic nitrogens is 3. The molecule has 6 heteroatoms. The topological polar surface area (TPSA) is 30.7 Å². The number of rotatable bonds is 4. The SMILES string of the molecule is Clc1cccc(CSc2nncn2-c2cccc(Cl)c2)c1. The van der Waals surface area contributed by atoms with Crippen molar-refractivity contribution in [2.45, 2.75) is 10.9 Å². The van der Waals surface area contributed by atoms with Crippen molar-refractivity contribution in [1.82, 2.24) is 14.8 Å². The van der Waals surface area contributed by atoms with Crippen LogP contribution in [0.3, 0.4) is 0 Å². The molecule has 0 saturated carbocycles. The second-order valence-electron chi connectivity index (χ2n) is 4.38. The first-order chi connectivity index (χ1) is 10.2. The lowest BCUT2D eigenvalue weighted by molar-refractivity contribution is 0.884. The molecule has 21 heavy (non-hydrogen) atoms. The summed E-state index contributed by atoms with van der Waals surface area (Å²) in [5.74, 6) is 0.778. The van der Waals surface area contributed by atoms with Gasteiger partial charge < -0.3 is 0 Å². The summed E-state index contributed by atoms with van der Waals surface area (Å²) >= 11 is 13.6. The highest BCUT2D eigenvalue weighted by Crippen LogP contribution is 2.25. The quantitative estimate of drug-likeness (QED) is 0.637. The van der Waals surface area contributed by atoms with E-state index in [4.69, 9.17) is 23.2 Å². The molecular weight excluding hydrogens is 325 g/mol. The van der Waals surface area contributed by atoms with Crippen molar-refractivity contribution < 1.29 is 0 Å². The molecule has 0 aliphatic rings. The zero-order valence-corrected chi connectivity index (χ0v) is 13.2. The Hall–Kier alpha value is -1.49. The summed E-state index contributed by atoms with van der Waals surface area (Å²) in [7, 11) is 0. The highest BCUT2D eigenvalue weighted by molar-refractivity contribution is 7.98. The number of benzene rings is 2. The lowest BCUT2D eigenvalue weighted by Gasteiger charge is -2.06. The number of halogens is 2. The van der Waals surface area contributed by atoms with Crippen molar-refractivity contribution >= 4 is 35.0 Å². The molecule has 3 nitrogen and oxygen atoms in total.